The Kier molecular flexibility index (Phi) is 7.34. The average Bonchev–Trinajstić information content (AvgIpc) is 3.10. The van der Waals surface area contributed by atoms with Crippen LogP contribution in [-0.4, -0.2) is 66.4 Å². The number of amides is 2. The number of esters is 1. The van der Waals surface area contributed by atoms with E-state index in [-0.39, 0.29) is 24.8 Å². The lowest BCUT2D eigenvalue weighted by Crippen LogP contribution is -2.52. The fourth-order valence-electron chi connectivity index (χ4n) is 4.26. The lowest BCUT2D eigenvalue weighted by atomic mass is 10.1. The van der Waals surface area contributed by atoms with E-state index in [4.69, 9.17) is 27.9 Å². The molecule has 9 heteroatoms. The van der Waals surface area contributed by atoms with Crippen molar-refractivity contribution in [3.8, 4) is 0 Å². The van der Waals surface area contributed by atoms with Gasteiger partial charge in [-0.15, -0.1) is 0 Å². The molecule has 2 aromatic carbocycles. The molecular formula is C24H25Cl2N3O4. The largest absolute Gasteiger partial charge is 0.462 e. The Morgan fingerprint density at radius 3 is 2.36 bits per heavy atom. The van der Waals surface area contributed by atoms with Crippen LogP contribution in [0.25, 0.3) is 0 Å². The number of carbonyl (C=O) groups excluding carboxylic acids is 3. The minimum Gasteiger partial charge on any atom is -0.462 e. The lowest BCUT2D eigenvalue weighted by molar-refractivity contribution is -0.123. The van der Waals surface area contributed by atoms with Gasteiger partial charge in [0.2, 0.25) is 5.91 Å². The molecule has 0 aromatic heterocycles. The van der Waals surface area contributed by atoms with E-state index in [1.807, 2.05) is 12.1 Å². The highest BCUT2D eigenvalue weighted by atomic mass is 35.5. The van der Waals surface area contributed by atoms with Crippen molar-refractivity contribution in [3.63, 3.8) is 0 Å². The summed E-state index contributed by atoms with van der Waals surface area (Å²) in [4.78, 5) is 43.2. The van der Waals surface area contributed by atoms with Gasteiger partial charge in [-0.3, -0.25) is 19.4 Å². The first kappa shape index (κ1) is 23.7. The third-order valence-electron chi connectivity index (χ3n) is 6.02. The van der Waals surface area contributed by atoms with E-state index in [1.54, 1.807) is 37.3 Å². The Morgan fingerprint density at radius 2 is 1.73 bits per heavy atom. The van der Waals surface area contributed by atoms with Gasteiger partial charge in [0.1, 0.15) is 0 Å². The number of halogens is 2. The van der Waals surface area contributed by atoms with Gasteiger partial charge in [0.15, 0.2) is 0 Å². The molecule has 0 radical (unpaired) electrons. The molecule has 2 aliphatic rings. The molecule has 4 rings (SSSR count). The van der Waals surface area contributed by atoms with Gasteiger partial charge in [0, 0.05) is 42.8 Å². The van der Waals surface area contributed by atoms with Crippen LogP contribution in [0.2, 0.25) is 10.0 Å². The second kappa shape index (κ2) is 10.2. The highest BCUT2D eigenvalue weighted by molar-refractivity contribution is 6.35. The third-order valence-corrected chi connectivity index (χ3v) is 6.60. The Balaban J connectivity index is 1.36. The van der Waals surface area contributed by atoms with E-state index >= 15 is 0 Å². The van der Waals surface area contributed by atoms with Gasteiger partial charge >= 0.3 is 5.97 Å². The topological polar surface area (TPSA) is 70.2 Å². The predicted molar refractivity (Wildman–Crippen MR) is 127 cm³/mol. The molecule has 0 aliphatic carbocycles. The molecule has 0 bridgehead atoms. The molecule has 2 aromatic rings. The first-order chi connectivity index (χ1) is 15.9. The fraction of sp³-hybridized carbons (Fsp3) is 0.375. The molecule has 2 saturated heterocycles. The predicted octanol–water partition coefficient (Wildman–Crippen LogP) is 3.62. The van der Waals surface area contributed by atoms with E-state index < -0.39 is 12.0 Å². The number of anilines is 1. The Morgan fingerprint density at radius 1 is 1.03 bits per heavy atom. The van der Waals surface area contributed by atoms with Crippen LogP contribution in [0.1, 0.15) is 29.3 Å². The van der Waals surface area contributed by atoms with Crippen LogP contribution in [0.4, 0.5) is 5.69 Å². The number of nitrogens with zero attached hydrogens (tertiary/aromatic N) is 3. The smallest absolute Gasteiger partial charge is 0.338 e. The van der Waals surface area contributed by atoms with Crippen molar-refractivity contribution in [2.75, 3.05) is 37.7 Å². The maximum atomic E-state index is 13.1. The standard InChI is InChI=1S/C24H25Cl2N3O4/c1-2-33-24(32)16-4-7-19(8-5-16)29-22(30)14-21(23(29)31)28-11-9-27(10-12-28)15-17-3-6-18(25)13-20(17)26/h3-8,13,21H,2,9-12,14-15H2,1H3. The molecule has 2 fully saturated rings. The minimum absolute atomic E-state index is 0.154. The summed E-state index contributed by atoms with van der Waals surface area (Å²) in [5.74, 6) is -0.888. The van der Waals surface area contributed by atoms with Crippen LogP contribution in [0.5, 0.6) is 0 Å². The van der Waals surface area contributed by atoms with Crippen LogP contribution >= 0.6 is 23.2 Å². The summed E-state index contributed by atoms with van der Waals surface area (Å²) in [6.07, 6.45) is 0.154. The molecule has 1 unspecified atom stereocenters. The second-order valence-corrected chi connectivity index (χ2v) is 8.95. The zero-order valence-corrected chi connectivity index (χ0v) is 19.8. The van der Waals surface area contributed by atoms with E-state index in [1.165, 1.54) is 4.90 Å². The third kappa shape index (κ3) is 5.22. The maximum absolute atomic E-state index is 13.1. The van der Waals surface area contributed by atoms with Crippen molar-refractivity contribution in [1.82, 2.24) is 9.80 Å². The monoisotopic (exact) mass is 489 g/mol. The molecule has 2 amide bonds. The van der Waals surface area contributed by atoms with Crippen LogP contribution in [0, 0.1) is 0 Å². The summed E-state index contributed by atoms with van der Waals surface area (Å²) in [6.45, 7) is 5.64. The summed E-state index contributed by atoms with van der Waals surface area (Å²) < 4.78 is 4.98. The van der Waals surface area contributed by atoms with Crippen molar-refractivity contribution in [2.45, 2.75) is 25.9 Å². The Labute approximate surface area is 202 Å². The van der Waals surface area contributed by atoms with E-state index in [9.17, 15) is 14.4 Å². The second-order valence-electron chi connectivity index (χ2n) is 8.10. The molecular weight excluding hydrogens is 465 g/mol. The summed E-state index contributed by atoms with van der Waals surface area (Å²) in [5, 5.41) is 1.25. The summed E-state index contributed by atoms with van der Waals surface area (Å²) >= 11 is 12.3. The first-order valence-electron chi connectivity index (χ1n) is 10.9. The summed E-state index contributed by atoms with van der Waals surface area (Å²) in [5.41, 5.74) is 1.86. The number of benzene rings is 2. The SMILES string of the molecule is CCOC(=O)c1ccc(N2C(=O)CC(N3CCN(Cc4ccc(Cl)cc4Cl)CC3)C2=O)cc1. The summed E-state index contributed by atoms with van der Waals surface area (Å²) in [7, 11) is 0. The van der Waals surface area contributed by atoms with Crippen LogP contribution in [0.3, 0.4) is 0 Å². The molecule has 0 N–H and O–H groups in total. The molecule has 7 nitrogen and oxygen atoms in total. The van der Waals surface area contributed by atoms with E-state index in [0.717, 1.165) is 18.7 Å². The van der Waals surface area contributed by atoms with Gasteiger partial charge in [-0.05, 0) is 48.9 Å². The van der Waals surface area contributed by atoms with Crippen molar-refractivity contribution in [1.29, 1.82) is 0 Å². The lowest BCUT2D eigenvalue weighted by Gasteiger charge is -2.37. The number of carbonyl (C=O) groups is 3. The van der Waals surface area contributed by atoms with Crippen molar-refractivity contribution < 1.29 is 19.1 Å². The minimum atomic E-state index is -0.469. The van der Waals surface area contributed by atoms with Crippen molar-refractivity contribution in [3.05, 3.63) is 63.6 Å². The number of hydrogen-bond acceptors (Lipinski definition) is 6. The molecule has 174 valence electrons. The Bertz CT molecular complexity index is 1050. The zero-order valence-electron chi connectivity index (χ0n) is 18.3. The fourth-order valence-corrected chi connectivity index (χ4v) is 4.73. The van der Waals surface area contributed by atoms with Crippen LogP contribution in [-0.2, 0) is 20.9 Å². The molecule has 0 spiro atoms. The van der Waals surface area contributed by atoms with Crippen molar-refractivity contribution in [2.24, 2.45) is 0 Å². The summed E-state index contributed by atoms with van der Waals surface area (Å²) in [6, 6.07) is 11.4. The molecule has 2 aliphatic heterocycles. The van der Waals surface area contributed by atoms with Crippen LogP contribution in [0.15, 0.2) is 42.5 Å². The molecule has 0 saturated carbocycles. The molecule has 2 heterocycles. The number of piperazine rings is 1. The number of hydrogen-bond donors (Lipinski definition) is 0. The number of ether oxygens (including phenoxy) is 1. The average molecular weight is 490 g/mol. The van der Waals surface area contributed by atoms with E-state index in [0.29, 0.717) is 40.9 Å². The normalized spacial score (nSPS) is 19.8. The molecule has 1 atom stereocenters. The first-order valence-corrected chi connectivity index (χ1v) is 11.7. The molecule has 33 heavy (non-hydrogen) atoms. The number of imide groups is 1. The van der Waals surface area contributed by atoms with Gasteiger partial charge in [-0.2, -0.15) is 0 Å². The number of rotatable bonds is 6. The highest BCUT2D eigenvalue weighted by Gasteiger charge is 2.43. The quantitative estimate of drug-likeness (QED) is 0.455. The van der Waals surface area contributed by atoms with Gasteiger partial charge in [0.25, 0.3) is 5.91 Å². The van der Waals surface area contributed by atoms with Gasteiger partial charge in [-0.25, -0.2) is 9.69 Å². The Hall–Kier alpha value is -2.45. The highest BCUT2D eigenvalue weighted by Crippen LogP contribution is 2.28. The maximum Gasteiger partial charge on any atom is 0.338 e. The van der Waals surface area contributed by atoms with E-state index in [2.05, 4.69) is 9.80 Å². The van der Waals surface area contributed by atoms with Gasteiger partial charge in [-0.1, -0.05) is 29.3 Å². The zero-order chi connectivity index (χ0) is 23.5. The van der Waals surface area contributed by atoms with Gasteiger partial charge in [0.05, 0.1) is 30.3 Å². The van der Waals surface area contributed by atoms with Crippen molar-refractivity contribution >= 4 is 46.7 Å². The van der Waals surface area contributed by atoms with Gasteiger partial charge < -0.3 is 4.74 Å². The van der Waals surface area contributed by atoms with Crippen LogP contribution < -0.4 is 4.90 Å².